The third-order valence-electron chi connectivity index (χ3n) is 3.28. The fourth-order valence-corrected chi connectivity index (χ4v) is 1.89. The number of rotatable bonds is 5. The summed E-state index contributed by atoms with van der Waals surface area (Å²) < 4.78 is 4.95. The molecule has 5 nitrogen and oxygen atoms in total. The molecule has 0 aromatic carbocycles. The van der Waals surface area contributed by atoms with Gasteiger partial charge in [0, 0.05) is 13.1 Å². The molecule has 0 radical (unpaired) electrons. The van der Waals surface area contributed by atoms with Crippen LogP contribution in [-0.4, -0.2) is 56.0 Å². The van der Waals surface area contributed by atoms with Gasteiger partial charge in [-0.1, -0.05) is 0 Å². The number of esters is 1. The first-order valence-corrected chi connectivity index (χ1v) is 6.62. The van der Waals surface area contributed by atoms with Gasteiger partial charge < -0.3 is 10.1 Å². The topological polar surface area (TPSA) is 58.6 Å². The Hall–Kier alpha value is -0.940. The first-order chi connectivity index (χ1) is 8.48. The Balaban J connectivity index is 2.54. The van der Waals surface area contributed by atoms with Crippen LogP contribution in [0.5, 0.6) is 0 Å². The van der Waals surface area contributed by atoms with Crippen molar-refractivity contribution in [2.45, 2.75) is 27.2 Å². The lowest BCUT2D eigenvalue weighted by Crippen LogP contribution is -2.43. The van der Waals surface area contributed by atoms with Crippen LogP contribution in [0.1, 0.15) is 27.2 Å². The van der Waals surface area contributed by atoms with E-state index in [0.29, 0.717) is 13.2 Å². The fraction of sp³-hybridized carbons (Fsp3) is 0.846. The Labute approximate surface area is 109 Å². The smallest absolute Gasteiger partial charge is 0.319 e. The van der Waals surface area contributed by atoms with Crippen LogP contribution in [0.4, 0.5) is 0 Å². The fourth-order valence-electron chi connectivity index (χ4n) is 1.89. The maximum atomic E-state index is 12.2. The maximum absolute atomic E-state index is 12.2. The molecule has 0 aromatic rings. The lowest BCUT2D eigenvalue weighted by atomic mass is 9.88. The Kier molecular flexibility index (Phi) is 5.75. The molecule has 1 heterocycles. The van der Waals surface area contributed by atoms with Crippen molar-refractivity contribution in [3.05, 3.63) is 0 Å². The largest absolute Gasteiger partial charge is 0.465 e. The lowest BCUT2D eigenvalue weighted by molar-refractivity contribution is -0.158. The van der Waals surface area contributed by atoms with E-state index < -0.39 is 11.4 Å². The summed E-state index contributed by atoms with van der Waals surface area (Å²) in [7, 11) is 0. The van der Waals surface area contributed by atoms with Gasteiger partial charge in [-0.15, -0.1) is 0 Å². The summed E-state index contributed by atoms with van der Waals surface area (Å²) in [4.78, 5) is 26.0. The van der Waals surface area contributed by atoms with E-state index in [1.54, 1.807) is 20.8 Å². The molecular formula is C13H24N2O3. The molecule has 0 saturated carbocycles. The van der Waals surface area contributed by atoms with Gasteiger partial charge >= 0.3 is 5.97 Å². The molecule has 0 unspecified atom stereocenters. The number of ketones is 1. The highest BCUT2D eigenvalue weighted by atomic mass is 16.5. The third-order valence-corrected chi connectivity index (χ3v) is 3.28. The van der Waals surface area contributed by atoms with Gasteiger partial charge in [0.25, 0.3) is 0 Å². The summed E-state index contributed by atoms with van der Waals surface area (Å²) >= 11 is 0. The molecule has 1 saturated heterocycles. The number of nitrogens with zero attached hydrogens (tertiary/aromatic N) is 1. The number of hydrogen-bond acceptors (Lipinski definition) is 5. The molecule has 1 N–H and O–H groups in total. The van der Waals surface area contributed by atoms with Crippen LogP contribution in [0.25, 0.3) is 0 Å². The van der Waals surface area contributed by atoms with Crippen LogP contribution >= 0.6 is 0 Å². The molecule has 0 spiro atoms. The number of nitrogens with one attached hydrogen (secondary N) is 1. The van der Waals surface area contributed by atoms with Gasteiger partial charge in [0.2, 0.25) is 0 Å². The van der Waals surface area contributed by atoms with E-state index >= 15 is 0 Å². The number of Topliss-reactive ketones (excluding diaryl/α,β-unsaturated/α-hetero) is 1. The molecule has 1 rings (SSSR count). The van der Waals surface area contributed by atoms with Crippen LogP contribution in [0.2, 0.25) is 0 Å². The average molecular weight is 256 g/mol. The second-order valence-electron chi connectivity index (χ2n) is 5.15. The van der Waals surface area contributed by atoms with Crippen molar-refractivity contribution < 1.29 is 14.3 Å². The summed E-state index contributed by atoms with van der Waals surface area (Å²) in [6.45, 7) is 9.31. The van der Waals surface area contributed by atoms with Gasteiger partial charge in [-0.25, -0.2) is 0 Å². The minimum Gasteiger partial charge on any atom is -0.465 e. The van der Waals surface area contributed by atoms with Crippen LogP contribution in [-0.2, 0) is 14.3 Å². The highest BCUT2D eigenvalue weighted by Crippen LogP contribution is 2.19. The number of carbonyl (C=O) groups is 2. The quantitative estimate of drug-likeness (QED) is 0.571. The van der Waals surface area contributed by atoms with E-state index in [2.05, 4.69) is 10.2 Å². The van der Waals surface area contributed by atoms with Crippen LogP contribution in [0, 0.1) is 5.41 Å². The van der Waals surface area contributed by atoms with E-state index in [1.807, 2.05) is 0 Å². The molecular weight excluding hydrogens is 232 g/mol. The predicted octanol–water partition coefficient (Wildman–Crippen LogP) is 0.440. The first-order valence-electron chi connectivity index (χ1n) is 6.62. The average Bonchev–Trinajstić information content (AvgIpc) is 2.57. The lowest BCUT2D eigenvalue weighted by Gasteiger charge is -2.25. The zero-order valence-corrected chi connectivity index (χ0v) is 11.6. The third kappa shape index (κ3) is 4.07. The predicted molar refractivity (Wildman–Crippen MR) is 69.3 cm³/mol. The molecule has 104 valence electrons. The zero-order valence-electron chi connectivity index (χ0n) is 11.6. The molecule has 0 aliphatic carbocycles. The van der Waals surface area contributed by atoms with Crippen LogP contribution < -0.4 is 5.32 Å². The van der Waals surface area contributed by atoms with Crippen LogP contribution in [0.15, 0.2) is 0 Å². The molecule has 0 bridgehead atoms. The number of hydrogen-bond donors (Lipinski definition) is 1. The summed E-state index contributed by atoms with van der Waals surface area (Å²) in [5.41, 5.74) is -1.05. The summed E-state index contributed by atoms with van der Waals surface area (Å²) in [6, 6.07) is 0. The highest BCUT2D eigenvalue weighted by Gasteiger charge is 2.37. The van der Waals surface area contributed by atoms with E-state index in [-0.39, 0.29) is 5.78 Å². The molecule has 1 aliphatic rings. The van der Waals surface area contributed by atoms with Crippen molar-refractivity contribution in [1.29, 1.82) is 0 Å². The standard InChI is InChI=1S/C13H24N2O3/c1-4-18-12(17)13(2,3)11(16)10-15-8-5-6-14-7-9-15/h14H,4-10H2,1-3H3. The minimum atomic E-state index is -1.05. The Bertz CT molecular complexity index is 295. The second-order valence-corrected chi connectivity index (χ2v) is 5.15. The van der Waals surface area contributed by atoms with Gasteiger partial charge in [0.15, 0.2) is 5.78 Å². The minimum absolute atomic E-state index is 0.0668. The van der Waals surface area contributed by atoms with Crippen molar-refractivity contribution in [3.8, 4) is 0 Å². The highest BCUT2D eigenvalue weighted by molar-refractivity contribution is 6.03. The van der Waals surface area contributed by atoms with Gasteiger partial charge in [-0.2, -0.15) is 0 Å². The Morgan fingerprint density at radius 3 is 2.67 bits per heavy atom. The monoisotopic (exact) mass is 256 g/mol. The van der Waals surface area contributed by atoms with Crippen molar-refractivity contribution in [2.24, 2.45) is 5.41 Å². The molecule has 0 aromatic heterocycles. The summed E-state index contributed by atoms with van der Waals surface area (Å²) in [5.74, 6) is -0.495. The number of ether oxygens (including phenoxy) is 1. The Morgan fingerprint density at radius 1 is 1.28 bits per heavy atom. The molecule has 1 aliphatic heterocycles. The molecule has 1 fully saturated rings. The van der Waals surface area contributed by atoms with E-state index in [1.165, 1.54) is 0 Å². The van der Waals surface area contributed by atoms with Crippen LogP contribution in [0.3, 0.4) is 0 Å². The molecule has 18 heavy (non-hydrogen) atoms. The zero-order chi connectivity index (χ0) is 13.6. The second kappa shape index (κ2) is 6.85. The maximum Gasteiger partial charge on any atom is 0.319 e. The molecule has 0 amide bonds. The van der Waals surface area contributed by atoms with Gasteiger partial charge in [0.05, 0.1) is 13.2 Å². The summed E-state index contributed by atoms with van der Waals surface area (Å²) in [5, 5.41) is 3.29. The normalized spacial score (nSPS) is 18.2. The van der Waals surface area contributed by atoms with Gasteiger partial charge in [-0.05, 0) is 40.3 Å². The van der Waals surface area contributed by atoms with Crippen molar-refractivity contribution in [1.82, 2.24) is 10.2 Å². The Morgan fingerprint density at radius 2 is 2.00 bits per heavy atom. The molecule has 0 atom stereocenters. The van der Waals surface area contributed by atoms with Gasteiger partial charge in [0.1, 0.15) is 5.41 Å². The van der Waals surface area contributed by atoms with Crippen molar-refractivity contribution >= 4 is 11.8 Å². The SMILES string of the molecule is CCOC(=O)C(C)(C)C(=O)CN1CCCNCC1. The van der Waals surface area contributed by atoms with E-state index in [9.17, 15) is 9.59 Å². The van der Waals surface area contributed by atoms with Crippen molar-refractivity contribution in [3.63, 3.8) is 0 Å². The van der Waals surface area contributed by atoms with Crippen molar-refractivity contribution in [2.75, 3.05) is 39.3 Å². The van der Waals surface area contributed by atoms with E-state index in [4.69, 9.17) is 4.74 Å². The summed E-state index contributed by atoms with van der Waals surface area (Å²) in [6.07, 6.45) is 1.03. The molecule has 5 heteroatoms. The first kappa shape index (κ1) is 15.1. The van der Waals surface area contributed by atoms with E-state index in [0.717, 1.165) is 32.6 Å². The number of carbonyl (C=O) groups excluding carboxylic acids is 2. The van der Waals surface area contributed by atoms with Gasteiger partial charge in [-0.3, -0.25) is 14.5 Å².